The van der Waals surface area contributed by atoms with Crippen molar-refractivity contribution in [3.8, 4) is 0 Å². The highest BCUT2D eigenvalue weighted by atomic mass is 32.2. The Morgan fingerprint density at radius 1 is 1.11 bits per heavy atom. The highest BCUT2D eigenvalue weighted by Gasteiger charge is 2.75. The van der Waals surface area contributed by atoms with Crippen molar-refractivity contribution in [3.05, 3.63) is 35.9 Å². The average molecular weight is 502 g/mol. The van der Waals surface area contributed by atoms with Gasteiger partial charge in [-0.3, -0.25) is 14.4 Å². The number of hydrogen-bond acceptors (Lipinski definition) is 5. The Labute approximate surface area is 212 Å². The quantitative estimate of drug-likeness (QED) is 0.383. The van der Waals surface area contributed by atoms with Gasteiger partial charge >= 0.3 is 0 Å². The van der Waals surface area contributed by atoms with E-state index in [0.29, 0.717) is 19.6 Å². The van der Waals surface area contributed by atoms with Crippen molar-refractivity contribution < 1.29 is 19.5 Å². The van der Waals surface area contributed by atoms with Crippen LogP contribution in [0.25, 0.3) is 0 Å². The lowest BCUT2D eigenvalue weighted by atomic mass is 9.66. The second kappa shape index (κ2) is 11.3. The molecular weight excluding hydrogens is 462 g/mol. The van der Waals surface area contributed by atoms with Crippen LogP contribution in [0.4, 0.5) is 0 Å². The molecule has 2 bridgehead atoms. The first-order valence-electron chi connectivity index (χ1n) is 13.1. The molecule has 0 saturated carbocycles. The number of aliphatic hydroxyl groups is 1. The van der Waals surface area contributed by atoms with Crippen molar-refractivity contribution in [1.82, 2.24) is 15.5 Å². The molecule has 3 amide bonds. The number of unbranched alkanes of at least 4 members (excludes halogenated alkanes) is 3. The Bertz CT molecular complexity index is 913. The lowest BCUT2D eigenvalue weighted by Gasteiger charge is -2.38. The third-order valence-corrected chi connectivity index (χ3v) is 10.0. The van der Waals surface area contributed by atoms with Gasteiger partial charge in [0.2, 0.25) is 17.7 Å². The maximum atomic E-state index is 13.9. The first-order valence-corrected chi connectivity index (χ1v) is 14.0. The number of carbonyl (C=O) groups is 3. The maximum Gasteiger partial charge on any atom is 0.244 e. The zero-order valence-electron chi connectivity index (χ0n) is 20.9. The highest BCUT2D eigenvalue weighted by Crippen LogP contribution is 2.68. The summed E-state index contributed by atoms with van der Waals surface area (Å²) in [5, 5.41) is 15.3. The molecule has 3 unspecified atom stereocenters. The Morgan fingerprint density at radius 2 is 1.86 bits per heavy atom. The van der Waals surface area contributed by atoms with Gasteiger partial charge in [-0.1, -0.05) is 57.0 Å². The number of hydrogen-bond donors (Lipinski definition) is 3. The zero-order chi connectivity index (χ0) is 25.0. The Kier molecular flexibility index (Phi) is 8.42. The minimum absolute atomic E-state index is 0.0368. The summed E-state index contributed by atoms with van der Waals surface area (Å²) in [5.74, 6) is -0.847. The van der Waals surface area contributed by atoms with E-state index in [2.05, 4.69) is 17.6 Å². The van der Waals surface area contributed by atoms with Crippen LogP contribution >= 0.6 is 11.8 Å². The molecule has 4 rings (SSSR count). The predicted molar refractivity (Wildman–Crippen MR) is 138 cm³/mol. The molecule has 0 aliphatic carbocycles. The minimum atomic E-state index is -0.574. The number of likely N-dealkylation sites (tertiary alicyclic amines) is 1. The smallest absolute Gasteiger partial charge is 0.244 e. The summed E-state index contributed by atoms with van der Waals surface area (Å²) in [6.45, 7) is 5.86. The van der Waals surface area contributed by atoms with Gasteiger partial charge in [-0.25, -0.2) is 0 Å². The molecule has 3 fully saturated rings. The van der Waals surface area contributed by atoms with Gasteiger partial charge in [0.1, 0.15) is 6.04 Å². The van der Waals surface area contributed by atoms with E-state index in [1.54, 1.807) is 16.7 Å². The van der Waals surface area contributed by atoms with Crippen molar-refractivity contribution in [2.24, 2.45) is 17.8 Å². The van der Waals surface area contributed by atoms with Gasteiger partial charge in [-0.05, 0) is 37.2 Å². The van der Waals surface area contributed by atoms with E-state index in [9.17, 15) is 14.4 Å². The molecule has 0 aromatic heterocycles. The normalized spacial score (nSPS) is 31.0. The first kappa shape index (κ1) is 26.0. The van der Waals surface area contributed by atoms with Gasteiger partial charge in [0.05, 0.1) is 16.6 Å². The number of rotatable bonds is 12. The molecule has 7 nitrogen and oxygen atoms in total. The summed E-state index contributed by atoms with van der Waals surface area (Å²) in [5.41, 5.74) is 1.02. The second-order valence-corrected chi connectivity index (χ2v) is 11.8. The number of amides is 3. The summed E-state index contributed by atoms with van der Waals surface area (Å²) in [6.07, 6.45) is 5.02. The summed E-state index contributed by atoms with van der Waals surface area (Å²) >= 11 is 1.72. The highest BCUT2D eigenvalue weighted by molar-refractivity contribution is 8.02. The Morgan fingerprint density at radius 3 is 2.57 bits per heavy atom. The largest absolute Gasteiger partial charge is 0.396 e. The topological polar surface area (TPSA) is 98.7 Å². The maximum absolute atomic E-state index is 13.9. The summed E-state index contributed by atoms with van der Waals surface area (Å²) in [7, 11) is 0. The molecule has 3 aliphatic rings. The number of thioether (sulfide) groups is 1. The van der Waals surface area contributed by atoms with Gasteiger partial charge in [0.15, 0.2) is 0 Å². The van der Waals surface area contributed by atoms with Crippen molar-refractivity contribution in [2.75, 3.05) is 19.7 Å². The molecule has 3 N–H and O–H groups in total. The molecule has 3 heterocycles. The first-order chi connectivity index (χ1) is 17.0. The number of nitrogens with zero attached hydrogens (tertiary/aromatic N) is 1. The second-order valence-electron chi connectivity index (χ2n) is 10.2. The molecule has 1 aromatic carbocycles. The number of aliphatic hydroxyl groups excluding tert-OH is 1. The van der Waals surface area contributed by atoms with E-state index in [4.69, 9.17) is 5.11 Å². The van der Waals surface area contributed by atoms with Crippen LogP contribution in [0.1, 0.15) is 57.9 Å². The molecule has 6 atom stereocenters. The summed E-state index contributed by atoms with van der Waals surface area (Å²) < 4.78 is -0.568. The molecule has 3 aliphatic heterocycles. The third kappa shape index (κ3) is 4.84. The van der Waals surface area contributed by atoms with Crippen LogP contribution in [0.15, 0.2) is 30.3 Å². The van der Waals surface area contributed by atoms with Crippen molar-refractivity contribution >= 4 is 29.5 Å². The number of carbonyl (C=O) groups excluding carboxylic acids is 3. The van der Waals surface area contributed by atoms with Gasteiger partial charge in [-0.15, -0.1) is 11.8 Å². The van der Waals surface area contributed by atoms with E-state index < -0.39 is 16.7 Å². The van der Waals surface area contributed by atoms with Crippen LogP contribution < -0.4 is 10.6 Å². The van der Waals surface area contributed by atoms with E-state index in [-0.39, 0.29) is 41.4 Å². The average Bonchev–Trinajstić information content (AvgIpc) is 3.45. The van der Waals surface area contributed by atoms with E-state index in [1.165, 1.54) is 0 Å². The van der Waals surface area contributed by atoms with Gasteiger partial charge in [0.25, 0.3) is 0 Å². The summed E-state index contributed by atoms with van der Waals surface area (Å²) in [4.78, 5) is 42.7. The van der Waals surface area contributed by atoms with Crippen molar-refractivity contribution in [1.29, 1.82) is 0 Å². The number of nitrogens with one attached hydrogen (secondary N) is 2. The van der Waals surface area contributed by atoms with Crippen LogP contribution in [0, 0.1) is 17.8 Å². The minimum Gasteiger partial charge on any atom is -0.396 e. The predicted octanol–water partition coefficient (Wildman–Crippen LogP) is 2.72. The van der Waals surface area contributed by atoms with Crippen LogP contribution in [-0.2, 0) is 20.9 Å². The lowest BCUT2D eigenvalue weighted by molar-refractivity contribution is -0.140. The molecule has 35 heavy (non-hydrogen) atoms. The van der Waals surface area contributed by atoms with E-state index in [1.807, 2.05) is 37.3 Å². The van der Waals surface area contributed by atoms with Gasteiger partial charge in [-0.2, -0.15) is 0 Å². The van der Waals surface area contributed by atoms with Crippen LogP contribution in [0.2, 0.25) is 0 Å². The third-order valence-electron chi connectivity index (χ3n) is 7.96. The molecule has 8 heteroatoms. The fraction of sp³-hybridized carbons (Fsp3) is 0.667. The molecule has 3 saturated heterocycles. The standard InChI is InChI=1S/C27H39N3O4S/c1-3-13-28-24(32)21-20-16-18(2)27(35-20)22(21)26(34)30(14-9-4-5-10-15-31)23(27)25(33)29-17-19-11-7-6-8-12-19/h6-8,11-12,18,20-23,31H,3-5,9-10,13-17H2,1-2H3,(H,28,32)(H,29,33)/t18?,20-,21+,22-,23?,27?/m0/s1. The van der Waals surface area contributed by atoms with Crippen molar-refractivity contribution in [2.45, 2.75) is 75.0 Å². The monoisotopic (exact) mass is 501 g/mol. The lowest BCUT2D eigenvalue weighted by Crippen LogP contribution is -2.56. The number of benzene rings is 1. The van der Waals surface area contributed by atoms with E-state index in [0.717, 1.165) is 44.1 Å². The molecular formula is C27H39N3O4S. The fourth-order valence-electron chi connectivity index (χ4n) is 6.36. The van der Waals surface area contributed by atoms with Crippen LogP contribution in [-0.4, -0.2) is 63.5 Å². The van der Waals surface area contributed by atoms with Gasteiger partial charge < -0.3 is 20.6 Å². The molecule has 192 valence electrons. The number of fused-ring (bicyclic) bond motifs is 1. The van der Waals surface area contributed by atoms with Crippen LogP contribution in [0.3, 0.4) is 0 Å². The van der Waals surface area contributed by atoms with Gasteiger partial charge in [0, 0.05) is 31.5 Å². The molecule has 0 radical (unpaired) electrons. The zero-order valence-corrected chi connectivity index (χ0v) is 21.7. The SMILES string of the molecule is CCCNC(=O)[C@@H]1[C@@H]2CC(C)C3(S2)C(C(=O)NCc2ccccc2)N(CCCCCCO)C(=O)[C@H]13. The Balaban J connectivity index is 1.59. The van der Waals surface area contributed by atoms with Crippen molar-refractivity contribution in [3.63, 3.8) is 0 Å². The Hall–Kier alpha value is -2.06. The van der Waals surface area contributed by atoms with Crippen LogP contribution in [0.5, 0.6) is 0 Å². The molecule has 1 spiro atoms. The van der Waals surface area contributed by atoms with E-state index >= 15 is 0 Å². The molecule has 1 aromatic rings. The summed E-state index contributed by atoms with van der Waals surface area (Å²) in [6, 6.07) is 9.23. The fourth-order valence-corrected chi connectivity index (χ4v) is 8.78.